The zero-order chi connectivity index (χ0) is 20.0. The molecule has 0 aromatic heterocycles. The highest BCUT2D eigenvalue weighted by Crippen LogP contribution is 2.27. The van der Waals surface area contributed by atoms with E-state index in [1.54, 1.807) is 4.90 Å². The summed E-state index contributed by atoms with van der Waals surface area (Å²) < 4.78 is 0. The number of hydrogen-bond donors (Lipinski definition) is 1. The minimum absolute atomic E-state index is 0.00518. The van der Waals surface area contributed by atoms with Crippen molar-refractivity contribution in [3.63, 3.8) is 0 Å². The van der Waals surface area contributed by atoms with Gasteiger partial charge < -0.3 is 15.1 Å². The van der Waals surface area contributed by atoms with E-state index in [0.29, 0.717) is 5.69 Å². The first-order valence-electron chi connectivity index (χ1n) is 9.33. The summed E-state index contributed by atoms with van der Waals surface area (Å²) in [4.78, 5) is 28.5. The zero-order valence-corrected chi connectivity index (χ0v) is 16.9. The van der Waals surface area contributed by atoms with Crippen LogP contribution in [0.4, 0.5) is 17.1 Å². The van der Waals surface area contributed by atoms with E-state index in [-0.39, 0.29) is 18.4 Å². The second kappa shape index (κ2) is 9.21. The van der Waals surface area contributed by atoms with Gasteiger partial charge in [-0.1, -0.05) is 32.0 Å². The summed E-state index contributed by atoms with van der Waals surface area (Å²) in [5.41, 5.74) is 4.80. The number of nitrogens with one attached hydrogen (secondary N) is 1. The molecule has 27 heavy (non-hydrogen) atoms. The molecule has 2 rings (SSSR count). The van der Waals surface area contributed by atoms with Gasteiger partial charge in [0.1, 0.15) is 6.54 Å². The summed E-state index contributed by atoms with van der Waals surface area (Å²) in [6.07, 6.45) is 1.61. The Balaban J connectivity index is 2.21. The Bertz CT molecular complexity index is 775. The molecule has 2 aromatic rings. The highest BCUT2D eigenvalue weighted by Gasteiger charge is 2.21. The van der Waals surface area contributed by atoms with Crippen LogP contribution in [0.3, 0.4) is 0 Å². The van der Waals surface area contributed by atoms with E-state index in [0.717, 1.165) is 35.3 Å². The van der Waals surface area contributed by atoms with Crippen LogP contribution in [0.25, 0.3) is 0 Å². The number of para-hydroxylation sites is 1. The number of rotatable bonds is 7. The van der Waals surface area contributed by atoms with Crippen LogP contribution in [0.15, 0.2) is 42.5 Å². The molecule has 2 aromatic carbocycles. The summed E-state index contributed by atoms with van der Waals surface area (Å²) >= 11 is 0. The fourth-order valence-electron chi connectivity index (χ4n) is 3.10. The molecule has 0 unspecified atom stereocenters. The van der Waals surface area contributed by atoms with Gasteiger partial charge in [-0.05, 0) is 48.2 Å². The molecule has 144 valence electrons. The standard InChI is InChI=1S/C22H29N3O2/c1-6-17-9-8-10-18(7-2)22(17)25(16(3)26)15-21(27)23-19-11-13-20(14-12-19)24(4)5/h8-14H,6-7,15H2,1-5H3,(H,23,27). The minimum atomic E-state index is -0.212. The molecule has 0 aliphatic heterocycles. The van der Waals surface area contributed by atoms with Crippen molar-refractivity contribution in [3.8, 4) is 0 Å². The van der Waals surface area contributed by atoms with Crippen LogP contribution >= 0.6 is 0 Å². The lowest BCUT2D eigenvalue weighted by atomic mass is 10.0. The molecule has 0 fully saturated rings. The average Bonchev–Trinajstić information content (AvgIpc) is 2.65. The summed E-state index contributed by atoms with van der Waals surface area (Å²) in [5, 5.41) is 2.89. The Morgan fingerprint density at radius 1 is 0.926 bits per heavy atom. The summed E-state index contributed by atoms with van der Waals surface area (Å²) in [6, 6.07) is 13.7. The van der Waals surface area contributed by atoms with Gasteiger partial charge in [-0.3, -0.25) is 9.59 Å². The monoisotopic (exact) mass is 367 g/mol. The Morgan fingerprint density at radius 2 is 1.48 bits per heavy atom. The van der Waals surface area contributed by atoms with Gasteiger partial charge >= 0.3 is 0 Å². The van der Waals surface area contributed by atoms with Crippen LogP contribution < -0.4 is 15.1 Å². The lowest BCUT2D eigenvalue weighted by Crippen LogP contribution is -2.37. The minimum Gasteiger partial charge on any atom is -0.378 e. The quantitative estimate of drug-likeness (QED) is 0.808. The van der Waals surface area contributed by atoms with Crippen molar-refractivity contribution in [2.75, 3.05) is 35.8 Å². The van der Waals surface area contributed by atoms with Crippen molar-refractivity contribution < 1.29 is 9.59 Å². The molecule has 0 atom stereocenters. The number of benzene rings is 2. The van der Waals surface area contributed by atoms with Crippen LogP contribution in [0.2, 0.25) is 0 Å². The fourth-order valence-corrected chi connectivity index (χ4v) is 3.10. The predicted molar refractivity (Wildman–Crippen MR) is 113 cm³/mol. The Morgan fingerprint density at radius 3 is 1.93 bits per heavy atom. The van der Waals surface area contributed by atoms with Gasteiger partial charge in [-0.15, -0.1) is 0 Å². The molecule has 0 radical (unpaired) electrons. The number of carbonyl (C=O) groups is 2. The number of hydrogen-bond acceptors (Lipinski definition) is 3. The summed E-state index contributed by atoms with van der Waals surface area (Å²) in [6.45, 7) is 5.62. The van der Waals surface area contributed by atoms with Crippen LogP contribution in [-0.2, 0) is 22.4 Å². The van der Waals surface area contributed by atoms with E-state index in [2.05, 4.69) is 19.2 Å². The van der Waals surface area contributed by atoms with E-state index in [4.69, 9.17) is 0 Å². The molecular formula is C22H29N3O2. The third-order valence-electron chi connectivity index (χ3n) is 4.58. The van der Waals surface area contributed by atoms with E-state index in [1.165, 1.54) is 6.92 Å². The first kappa shape index (κ1) is 20.5. The van der Waals surface area contributed by atoms with E-state index in [9.17, 15) is 9.59 Å². The van der Waals surface area contributed by atoms with Gasteiger partial charge in [0.25, 0.3) is 0 Å². The second-order valence-electron chi connectivity index (χ2n) is 6.73. The van der Waals surface area contributed by atoms with E-state index in [1.807, 2.05) is 61.5 Å². The molecule has 0 saturated carbocycles. The summed E-state index contributed by atoms with van der Waals surface area (Å²) in [7, 11) is 3.93. The fraction of sp³-hybridized carbons (Fsp3) is 0.364. The molecular weight excluding hydrogens is 338 g/mol. The van der Waals surface area contributed by atoms with E-state index >= 15 is 0 Å². The highest BCUT2D eigenvalue weighted by atomic mass is 16.2. The average molecular weight is 367 g/mol. The van der Waals surface area contributed by atoms with Crippen molar-refractivity contribution in [1.29, 1.82) is 0 Å². The zero-order valence-electron chi connectivity index (χ0n) is 16.9. The molecule has 0 bridgehead atoms. The normalized spacial score (nSPS) is 10.4. The number of carbonyl (C=O) groups excluding carboxylic acids is 2. The Hall–Kier alpha value is -2.82. The maximum atomic E-state index is 12.6. The molecule has 0 aliphatic carbocycles. The van der Waals surface area contributed by atoms with Crippen LogP contribution in [0.5, 0.6) is 0 Å². The number of amides is 2. The van der Waals surface area contributed by atoms with Crippen LogP contribution in [0, 0.1) is 0 Å². The number of nitrogens with zero attached hydrogens (tertiary/aromatic N) is 2. The van der Waals surface area contributed by atoms with Crippen molar-refractivity contribution in [1.82, 2.24) is 0 Å². The van der Waals surface area contributed by atoms with Gasteiger partial charge in [-0.25, -0.2) is 0 Å². The van der Waals surface area contributed by atoms with Gasteiger partial charge in [0.2, 0.25) is 11.8 Å². The van der Waals surface area contributed by atoms with Gasteiger partial charge in [-0.2, -0.15) is 0 Å². The number of aryl methyl sites for hydroxylation is 2. The molecule has 2 amide bonds. The molecule has 5 heteroatoms. The van der Waals surface area contributed by atoms with Crippen molar-refractivity contribution in [2.24, 2.45) is 0 Å². The molecule has 5 nitrogen and oxygen atoms in total. The Kier molecular flexibility index (Phi) is 6.99. The largest absolute Gasteiger partial charge is 0.378 e. The second-order valence-corrected chi connectivity index (χ2v) is 6.73. The first-order chi connectivity index (χ1) is 12.9. The van der Waals surface area contributed by atoms with Crippen molar-refractivity contribution in [2.45, 2.75) is 33.6 Å². The first-order valence-corrected chi connectivity index (χ1v) is 9.33. The van der Waals surface area contributed by atoms with Gasteiger partial charge in [0.05, 0.1) is 5.69 Å². The third-order valence-corrected chi connectivity index (χ3v) is 4.58. The highest BCUT2D eigenvalue weighted by molar-refractivity contribution is 6.02. The lowest BCUT2D eigenvalue weighted by Gasteiger charge is -2.26. The lowest BCUT2D eigenvalue weighted by molar-refractivity contribution is -0.120. The van der Waals surface area contributed by atoms with Crippen molar-refractivity contribution >= 4 is 28.9 Å². The van der Waals surface area contributed by atoms with E-state index < -0.39 is 0 Å². The third kappa shape index (κ3) is 5.09. The van der Waals surface area contributed by atoms with Gasteiger partial charge in [0, 0.05) is 32.4 Å². The molecule has 0 spiro atoms. The summed E-state index contributed by atoms with van der Waals surface area (Å²) in [5.74, 6) is -0.348. The van der Waals surface area contributed by atoms with Crippen LogP contribution in [-0.4, -0.2) is 32.5 Å². The molecule has 0 aliphatic rings. The topological polar surface area (TPSA) is 52.7 Å². The SMILES string of the molecule is CCc1cccc(CC)c1N(CC(=O)Nc1ccc(N(C)C)cc1)C(C)=O. The smallest absolute Gasteiger partial charge is 0.244 e. The maximum Gasteiger partial charge on any atom is 0.244 e. The molecule has 0 heterocycles. The molecule has 0 saturated heterocycles. The molecule has 1 N–H and O–H groups in total. The van der Waals surface area contributed by atoms with Crippen molar-refractivity contribution in [3.05, 3.63) is 53.6 Å². The predicted octanol–water partition coefficient (Wildman–Crippen LogP) is 3.87. The Labute approximate surface area is 162 Å². The van der Waals surface area contributed by atoms with Crippen LogP contribution in [0.1, 0.15) is 31.9 Å². The van der Waals surface area contributed by atoms with Gasteiger partial charge in [0.15, 0.2) is 0 Å². The maximum absolute atomic E-state index is 12.6. The number of anilines is 3.